The fourth-order valence-corrected chi connectivity index (χ4v) is 2.82. The van der Waals surface area contributed by atoms with Crippen LogP contribution >= 0.6 is 0 Å². The van der Waals surface area contributed by atoms with Gasteiger partial charge in [0.1, 0.15) is 5.75 Å². The molecule has 2 aliphatic rings. The Labute approximate surface area is 109 Å². The minimum atomic E-state index is 0.539. The van der Waals surface area contributed by atoms with Crippen LogP contribution in [0.25, 0.3) is 6.08 Å². The third-order valence-corrected chi connectivity index (χ3v) is 4.06. The van der Waals surface area contributed by atoms with Gasteiger partial charge in [-0.15, -0.1) is 0 Å². The second kappa shape index (κ2) is 4.77. The molecule has 2 fully saturated rings. The first kappa shape index (κ1) is 11.8. The van der Waals surface area contributed by atoms with Gasteiger partial charge in [-0.25, -0.2) is 0 Å². The molecule has 1 aromatic rings. The van der Waals surface area contributed by atoms with E-state index in [2.05, 4.69) is 25.6 Å². The van der Waals surface area contributed by atoms with Crippen molar-refractivity contribution in [3.63, 3.8) is 0 Å². The lowest BCUT2D eigenvalue weighted by atomic mass is 9.90. The highest BCUT2D eigenvalue weighted by atomic mass is 16.6. The topological polar surface area (TPSA) is 21.8 Å². The molecule has 3 unspecified atom stereocenters. The Morgan fingerprint density at radius 1 is 1.39 bits per heavy atom. The van der Waals surface area contributed by atoms with E-state index in [4.69, 9.17) is 9.47 Å². The summed E-state index contributed by atoms with van der Waals surface area (Å²) in [4.78, 5) is 0. The van der Waals surface area contributed by atoms with Gasteiger partial charge >= 0.3 is 0 Å². The molecule has 0 amide bonds. The molecular weight excluding hydrogens is 224 g/mol. The first-order valence-electron chi connectivity index (χ1n) is 6.77. The number of rotatable bonds is 4. The number of hydrogen-bond acceptors (Lipinski definition) is 2. The summed E-state index contributed by atoms with van der Waals surface area (Å²) >= 11 is 0. The number of benzene rings is 1. The molecule has 0 bridgehead atoms. The third kappa shape index (κ3) is 2.44. The van der Waals surface area contributed by atoms with Gasteiger partial charge in [0.25, 0.3) is 0 Å². The summed E-state index contributed by atoms with van der Waals surface area (Å²) in [5, 5.41) is 0. The van der Waals surface area contributed by atoms with Gasteiger partial charge in [0.2, 0.25) is 0 Å². The molecule has 3 rings (SSSR count). The van der Waals surface area contributed by atoms with E-state index in [1.807, 2.05) is 12.1 Å². The standard InChI is InChI=1S/C16H20O2/c1-3-13-5-6-14(8-11(13)2)17-10-12-4-7-15-16(9-12)18-15/h3,5-6,8,12,15-16H,1,4,7,9-10H2,2H3. The smallest absolute Gasteiger partial charge is 0.119 e. The predicted molar refractivity (Wildman–Crippen MR) is 72.8 cm³/mol. The highest BCUT2D eigenvalue weighted by Crippen LogP contribution is 2.39. The molecule has 0 N–H and O–H groups in total. The first-order valence-corrected chi connectivity index (χ1v) is 6.77. The number of fused-ring (bicyclic) bond motifs is 1. The van der Waals surface area contributed by atoms with Crippen molar-refractivity contribution in [1.29, 1.82) is 0 Å². The molecule has 0 spiro atoms. The van der Waals surface area contributed by atoms with Crippen LogP contribution in [0.15, 0.2) is 24.8 Å². The zero-order valence-electron chi connectivity index (χ0n) is 10.9. The van der Waals surface area contributed by atoms with Crippen LogP contribution < -0.4 is 4.74 Å². The number of epoxide rings is 1. The van der Waals surface area contributed by atoms with Gasteiger partial charge in [0, 0.05) is 0 Å². The van der Waals surface area contributed by atoms with Gasteiger partial charge in [-0.1, -0.05) is 18.7 Å². The van der Waals surface area contributed by atoms with Crippen molar-refractivity contribution < 1.29 is 9.47 Å². The molecule has 0 radical (unpaired) electrons. The Bertz CT molecular complexity index is 452. The minimum absolute atomic E-state index is 0.539. The highest BCUT2D eigenvalue weighted by molar-refractivity contribution is 5.53. The van der Waals surface area contributed by atoms with Crippen LogP contribution in [0.1, 0.15) is 30.4 Å². The second-order valence-electron chi connectivity index (χ2n) is 5.43. The van der Waals surface area contributed by atoms with Crippen molar-refractivity contribution in [2.24, 2.45) is 5.92 Å². The summed E-state index contributed by atoms with van der Waals surface area (Å²) in [6.07, 6.45) is 6.63. The molecule has 1 saturated heterocycles. The van der Waals surface area contributed by atoms with Crippen molar-refractivity contribution in [2.75, 3.05) is 6.61 Å². The van der Waals surface area contributed by atoms with Crippen LogP contribution in [0, 0.1) is 12.8 Å². The summed E-state index contributed by atoms with van der Waals surface area (Å²) in [5.74, 6) is 1.63. The maximum absolute atomic E-state index is 5.90. The largest absolute Gasteiger partial charge is 0.493 e. The molecule has 2 heteroatoms. The molecule has 1 aromatic carbocycles. The molecule has 1 aliphatic heterocycles. The number of aryl methyl sites for hydroxylation is 1. The highest BCUT2D eigenvalue weighted by Gasteiger charge is 2.43. The van der Waals surface area contributed by atoms with Crippen molar-refractivity contribution in [2.45, 2.75) is 38.4 Å². The molecule has 0 aromatic heterocycles. The Morgan fingerprint density at radius 3 is 3.00 bits per heavy atom. The van der Waals surface area contributed by atoms with E-state index >= 15 is 0 Å². The summed E-state index contributed by atoms with van der Waals surface area (Å²) in [5.41, 5.74) is 2.39. The molecule has 1 saturated carbocycles. The van der Waals surface area contributed by atoms with E-state index in [0.717, 1.165) is 12.4 Å². The van der Waals surface area contributed by atoms with Crippen molar-refractivity contribution in [3.8, 4) is 5.75 Å². The quantitative estimate of drug-likeness (QED) is 0.755. The van der Waals surface area contributed by atoms with Crippen molar-refractivity contribution >= 4 is 6.08 Å². The van der Waals surface area contributed by atoms with Gasteiger partial charge in [-0.3, -0.25) is 0 Å². The lowest BCUT2D eigenvalue weighted by Gasteiger charge is -2.19. The third-order valence-electron chi connectivity index (χ3n) is 4.06. The fourth-order valence-electron chi connectivity index (χ4n) is 2.82. The zero-order valence-corrected chi connectivity index (χ0v) is 10.9. The summed E-state index contributed by atoms with van der Waals surface area (Å²) < 4.78 is 11.4. The van der Waals surface area contributed by atoms with Gasteiger partial charge < -0.3 is 9.47 Å². The average molecular weight is 244 g/mol. The van der Waals surface area contributed by atoms with Crippen LogP contribution in [0.3, 0.4) is 0 Å². The monoisotopic (exact) mass is 244 g/mol. The van der Waals surface area contributed by atoms with E-state index in [0.29, 0.717) is 18.1 Å². The van der Waals surface area contributed by atoms with Gasteiger partial charge in [-0.2, -0.15) is 0 Å². The Balaban J connectivity index is 1.56. The van der Waals surface area contributed by atoms with Crippen LogP contribution in [0.5, 0.6) is 5.75 Å². The van der Waals surface area contributed by atoms with E-state index < -0.39 is 0 Å². The van der Waals surface area contributed by atoms with Gasteiger partial charge in [0.15, 0.2) is 0 Å². The molecular formula is C16H20O2. The molecule has 96 valence electrons. The molecule has 1 aliphatic carbocycles. The van der Waals surface area contributed by atoms with Crippen LogP contribution in [-0.2, 0) is 4.74 Å². The lowest BCUT2D eigenvalue weighted by Crippen LogP contribution is -2.19. The van der Waals surface area contributed by atoms with E-state index in [1.165, 1.54) is 30.4 Å². The Kier molecular flexibility index (Phi) is 3.13. The number of hydrogen-bond donors (Lipinski definition) is 0. The predicted octanol–water partition coefficient (Wildman–Crippen LogP) is 3.58. The van der Waals surface area contributed by atoms with E-state index in [1.54, 1.807) is 0 Å². The van der Waals surface area contributed by atoms with Crippen molar-refractivity contribution in [3.05, 3.63) is 35.9 Å². The molecule has 2 nitrogen and oxygen atoms in total. The molecule has 18 heavy (non-hydrogen) atoms. The van der Waals surface area contributed by atoms with Crippen LogP contribution in [-0.4, -0.2) is 18.8 Å². The van der Waals surface area contributed by atoms with E-state index in [9.17, 15) is 0 Å². The van der Waals surface area contributed by atoms with Crippen molar-refractivity contribution in [1.82, 2.24) is 0 Å². The normalized spacial score (nSPS) is 29.5. The summed E-state index contributed by atoms with van der Waals surface area (Å²) in [6, 6.07) is 6.19. The summed E-state index contributed by atoms with van der Waals surface area (Å²) in [6.45, 7) is 6.71. The van der Waals surface area contributed by atoms with Crippen LogP contribution in [0.2, 0.25) is 0 Å². The lowest BCUT2D eigenvalue weighted by molar-refractivity contribution is 0.217. The number of ether oxygens (including phenoxy) is 2. The average Bonchev–Trinajstić information content (AvgIpc) is 3.15. The van der Waals surface area contributed by atoms with E-state index in [-0.39, 0.29) is 0 Å². The Hall–Kier alpha value is -1.28. The maximum atomic E-state index is 5.90. The fraction of sp³-hybridized carbons (Fsp3) is 0.500. The molecule has 3 atom stereocenters. The zero-order chi connectivity index (χ0) is 12.5. The maximum Gasteiger partial charge on any atom is 0.119 e. The first-order chi connectivity index (χ1) is 8.76. The second-order valence-corrected chi connectivity index (χ2v) is 5.43. The van der Waals surface area contributed by atoms with Gasteiger partial charge in [0.05, 0.1) is 18.8 Å². The van der Waals surface area contributed by atoms with Gasteiger partial charge in [-0.05, 0) is 55.4 Å². The summed E-state index contributed by atoms with van der Waals surface area (Å²) in [7, 11) is 0. The van der Waals surface area contributed by atoms with Crippen LogP contribution in [0.4, 0.5) is 0 Å². The minimum Gasteiger partial charge on any atom is -0.493 e. The molecule has 1 heterocycles. The SMILES string of the molecule is C=Cc1ccc(OCC2CCC3OC3C2)cc1C. The Morgan fingerprint density at radius 2 is 2.28 bits per heavy atom.